The normalized spacial score (nSPS) is 17.3. The minimum Gasteiger partial charge on any atom is -0.455 e. The largest absolute Gasteiger partial charge is 0.455 e. The number of hydrogen-bond acceptors (Lipinski definition) is 10. The molecular formula is C45H73N7O6S. The Morgan fingerprint density at radius 3 is 2.32 bits per heavy atom. The van der Waals surface area contributed by atoms with Crippen LogP contribution in [0.25, 0.3) is 0 Å². The first-order valence-corrected chi connectivity index (χ1v) is 22.6. The van der Waals surface area contributed by atoms with Gasteiger partial charge in [-0.2, -0.15) is 0 Å². The molecule has 0 saturated carbocycles. The number of carbonyl (C=O) groups excluding carboxylic acids is 5. The Kier molecular flexibility index (Phi) is 20.0. The summed E-state index contributed by atoms with van der Waals surface area (Å²) in [6, 6.07) is 6.24. The number of benzene rings is 1. The summed E-state index contributed by atoms with van der Waals surface area (Å²) in [6.07, 6.45) is 7.54. The summed E-state index contributed by atoms with van der Waals surface area (Å²) in [5, 5.41) is 8.39. The first-order valence-electron chi connectivity index (χ1n) is 21.7. The molecule has 4 amide bonds. The quantitative estimate of drug-likeness (QED) is 0.0314. The van der Waals surface area contributed by atoms with Crippen LogP contribution in [0.5, 0.6) is 0 Å². The number of rotatable bonds is 23. The number of aryl methyl sites for hydroxylation is 1. The molecule has 1 saturated heterocycles. The fourth-order valence-electron chi connectivity index (χ4n) is 7.93. The number of nitrogens with zero attached hydrogens (tertiary/aromatic N) is 3. The monoisotopic (exact) mass is 840 g/mol. The van der Waals surface area contributed by atoms with E-state index in [0.29, 0.717) is 30.8 Å². The molecule has 13 nitrogen and oxygen atoms in total. The molecule has 5 N–H and O–H groups in total. The Labute approximate surface area is 357 Å². The van der Waals surface area contributed by atoms with Crippen LogP contribution < -0.4 is 21.9 Å². The number of ether oxygens (including phenoxy) is 1. The van der Waals surface area contributed by atoms with Crippen LogP contribution in [0.1, 0.15) is 152 Å². The minimum atomic E-state index is -0.875. The zero-order chi connectivity index (χ0) is 43.9. The fraction of sp³-hybridized carbons (Fsp3) is 0.689. The maximum absolute atomic E-state index is 14.9. The van der Waals surface area contributed by atoms with E-state index >= 15 is 0 Å². The van der Waals surface area contributed by atoms with Gasteiger partial charge in [-0.15, -0.1) is 11.3 Å². The standard InChI is InChI=1S/C45H73N7O6S/c1-11-13-14-16-24-52(43(56)39(31(6)12-2)49-41(55)36-18-15-17-23-51(36)10)37(29(3)4)26-38(58-32(7)53)42-48-35(28-59-42)40(54)47-34(27-45(8,9)44(57)50-46)25-33-21-19-30(5)20-22-33/h19-22,28-29,31,34,36-39H,11-18,23-27,46H2,1-10H3,(H,47,54)(H,49,55)(H,50,57)/t31-,34?,36+,37+,38+,39-/m0/s1. The van der Waals surface area contributed by atoms with Crippen LogP contribution in [0.15, 0.2) is 29.6 Å². The first kappa shape index (κ1) is 49.5. The van der Waals surface area contributed by atoms with Crippen LogP contribution in [-0.2, 0) is 30.3 Å². The lowest BCUT2D eigenvalue weighted by Crippen LogP contribution is -2.59. The molecule has 1 aliphatic heterocycles. The third-order valence-corrected chi connectivity index (χ3v) is 12.7. The average Bonchev–Trinajstić information content (AvgIpc) is 3.69. The van der Waals surface area contributed by atoms with E-state index in [1.54, 1.807) is 19.2 Å². The predicted octanol–water partition coefficient (Wildman–Crippen LogP) is 6.64. The number of nitrogens with one attached hydrogen (secondary N) is 3. The Morgan fingerprint density at radius 2 is 1.73 bits per heavy atom. The van der Waals surface area contributed by atoms with Gasteiger partial charge in [0.2, 0.25) is 17.7 Å². The maximum atomic E-state index is 14.9. The molecule has 14 heteroatoms. The van der Waals surface area contributed by atoms with Crippen LogP contribution in [-0.4, -0.2) is 88.7 Å². The number of piperidine rings is 1. The van der Waals surface area contributed by atoms with Crippen molar-refractivity contribution in [2.45, 2.75) is 163 Å². The topological polar surface area (TPSA) is 176 Å². The Balaban J connectivity index is 1.94. The van der Waals surface area contributed by atoms with E-state index in [1.807, 2.05) is 57.0 Å². The summed E-state index contributed by atoms with van der Waals surface area (Å²) in [4.78, 5) is 76.6. The smallest absolute Gasteiger partial charge is 0.303 e. The van der Waals surface area contributed by atoms with E-state index in [1.165, 1.54) is 18.3 Å². The lowest BCUT2D eigenvalue weighted by atomic mass is 9.83. The number of amides is 4. The van der Waals surface area contributed by atoms with Crippen LogP contribution in [0, 0.1) is 24.2 Å². The molecule has 1 aromatic heterocycles. The number of aromatic nitrogens is 1. The van der Waals surface area contributed by atoms with Crippen molar-refractivity contribution >= 4 is 40.9 Å². The molecule has 6 atom stereocenters. The number of hydrogen-bond donors (Lipinski definition) is 4. The lowest BCUT2D eigenvalue weighted by Gasteiger charge is -2.40. The van der Waals surface area contributed by atoms with E-state index in [4.69, 9.17) is 15.6 Å². The van der Waals surface area contributed by atoms with Crippen molar-refractivity contribution < 1.29 is 28.7 Å². The Bertz CT molecular complexity index is 1660. The van der Waals surface area contributed by atoms with Gasteiger partial charge >= 0.3 is 5.97 Å². The molecule has 0 radical (unpaired) electrons. The van der Waals surface area contributed by atoms with Gasteiger partial charge in [0.15, 0.2) is 6.10 Å². The number of nitrogens with two attached hydrogens (primary N) is 1. The van der Waals surface area contributed by atoms with Crippen molar-refractivity contribution in [3.8, 4) is 0 Å². The summed E-state index contributed by atoms with van der Waals surface area (Å²) in [6.45, 7) is 18.6. The summed E-state index contributed by atoms with van der Waals surface area (Å²) < 4.78 is 5.95. The van der Waals surface area contributed by atoms with Crippen LogP contribution in [0.4, 0.5) is 0 Å². The zero-order valence-corrected chi connectivity index (χ0v) is 38.2. The van der Waals surface area contributed by atoms with Gasteiger partial charge in [-0.05, 0) is 70.0 Å². The number of likely N-dealkylation sites (N-methyl/N-ethyl adjacent to an activating group) is 1. The number of likely N-dealkylation sites (tertiary alicyclic amines) is 1. The molecule has 330 valence electrons. The number of hydrazine groups is 1. The number of esters is 1. The van der Waals surface area contributed by atoms with Gasteiger partial charge in [-0.1, -0.05) is 110 Å². The first-order chi connectivity index (χ1) is 27.9. The molecule has 0 spiro atoms. The van der Waals surface area contributed by atoms with Crippen molar-refractivity contribution in [2.24, 2.45) is 23.1 Å². The molecule has 0 aliphatic carbocycles. The van der Waals surface area contributed by atoms with E-state index in [0.717, 1.165) is 62.6 Å². The van der Waals surface area contributed by atoms with Gasteiger partial charge in [-0.25, -0.2) is 10.8 Å². The predicted molar refractivity (Wildman–Crippen MR) is 234 cm³/mol. The van der Waals surface area contributed by atoms with E-state index in [2.05, 4.69) is 41.7 Å². The molecule has 2 heterocycles. The fourth-order valence-corrected chi connectivity index (χ4v) is 8.77. The maximum Gasteiger partial charge on any atom is 0.303 e. The molecule has 2 aromatic rings. The van der Waals surface area contributed by atoms with Crippen molar-refractivity contribution in [2.75, 3.05) is 20.1 Å². The van der Waals surface area contributed by atoms with E-state index in [9.17, 15) is 24.0 Å². The third-order valence-electron chi connectivity index (χ3n) is 11.8. The summed E-state index contributed by atoms with van der Waals surface area (Å²) in [5.41, 5.74) is 3.65. The number of thiazole rings is 1. The van der Waals surface area contributed by atoms with Crippen molar-refractivity contribution in [3.63, 3.8) is 0 Å². The van der Waals surface area contributed by atoms with Gasteiger partial charge in [-0.3, -0.25) is 34.3 Å². The van der Waals surface area contributed by atoms with Gasteiger partial charge in [0.1, 0.15) is 16.7 Å². The van der Waals surface area contributed by atoms with Crippen LogP contribution >= 0.6 is 11.3 Å². The Morgan fingerprint density at radius 1 is 1.03 bits per heavy atom. The van der Waals surface area contributed by atoms with E-state index < -0.39 is 35.5 Å². The average molecular weight is 840 g/mol. The van der Waals surface area contributed by atoms with Crippen LogP contribution in [0.2, 0.25) is 0 Å². The summed E-state index contributed by atoms with van der Waals surface area (Å²) in [7, 11) is 1.97. The van der Waals surface area contributed by atoms with E-state index in [-0.39, 0.29) is 53.8 Å². The molecule has 1 fully saturated rings. The highest BCUT2D eigenvalue weighted by Gasteiger charge is 2.39. The second-order valence-electron chi connectivity index (χ2n) is 17.6. The molecule has 59 heavy (non-hydrogen) atoms. The Hall–Kier alpha value is -3.88. The molecule has 3 rings (SSSR count). The highest BCUT2D eigenvalue weighted by Crippen LogP contribution is 2.32. The summed E-state index contributed by atoms with van der Waals surface area (Å²) >= 11 is 1.22. The third kappa shape index (κ3) is 15.0. The number of unbranched alkanes of at least 4 members (excludes halogenated alkanes) is 3. The van der Waals surface area contributed by atoms with Crippen molar-refractivity contribution in [3.05, 3.63) is 51.5 Å². The van der Waals surface area contributed by atoms with Gasteiger partial charge in [0.05, 0.1) is 6.04 Å². The van der Waals surface area contributed by atoms with Gasteiger partial charge < -0.3 is 20.3 Å². The second kappa shape index (κ2) is 23.8. The molecule has 1 unspecified atom stereocenters. The second-order valence-corrected chi connectivity index (χ2v) is 18.5. The zero-order valence-electron chi connectivity index (χ0n) is 37.4. The van der Waals surface area contributed by atoms with Crippen LogP contribution in [0.3, 0.4) is 0 Å². The summed E-state index contributed by atoms with van der Waals surface area (Å²) in [5.74, 6) is 3.84. The highest BCUT2D eigenvalue weighted by molar-refractivity contribution is 7.09. The number of carbonyl (C=O) groups is 5. The minimum absolute atomic E-state index is 0.0414. The molecule has 1 aliphatic rings. The molecule has 1 aromatic carbocycles. The highest BCUT2D eigenvalue weighted by atomic mass is 32.1. The van der Waals surface area contributed by atoms with Crippen molar-refractivity contribution in [1.82, 2.24) is 30.8 Å². The SMILES string of the molecule is CCCCCCN(C(=O)[C@@H](NC(=O)[C@H]1CCCCN1C)[C@@H](C)CC)[C@H](C[C@@H](OC(C)=O)c1nc(C(=O)NC(Cc2ccc(C)cc2)CC(C)(C)C(=O)NN)cs1)C(C)C. The van der Waals surface area contributed by atoms with Crippen molar-refractivity contribution in [1.29, 1.82) is 0 Å². The molecular weight excluding hydrogens is 767 g/mol. The van der Waals surface area contributed by atoms with Gasteiger partial charge in [0, 0.05) is 42.8 Å². The lowest BCUT2D eigenvalue weighted by molar-refractivity contribution is -0.149. The molecule has 0 bridgehead atoms. The van der Waals surface area contributed by atoms with Gasteiger partial charge in [0.25, 0.3) is 5.91 Å².